The second-order valence-corrected chi connectivity index (χ2v) is 4.78. The van der Waals surface area contributed by atoms with E-state index in [1.807, 2.05) is 50.4 Å². The summed E-state index contributed by atoms with van der Waals surface area (Å²) in [5.41, 5.74) is 8.86. The van der Waals surface area contributed by atoms with Crippen molar-refractivity contribution in [1.29, 1.82) is 0 Å². The van der Waals surface area contributed by atoms with Gasteiger partial charge in [0.2, 0.25) is 0 Å². The molecule has 0 saturated heterocycles. The predicted octanol–water partition coefficient (Wildman–Crippen LogP) is 3.04. The van der Waals surface area contributed by atoms with E-state index in [4.69, 9.17) is 10.5 Å². The van der Waals surface area contributed by atoms with Gasteiger partial charge in [-0.1, -0.05) is 0 Å². The lowest BCUT2D eigenvalue weighted by molar-refractivity contribution is 0.242. The molecule has 1 aromatic heterocycles. The molecule has 0 atom stereocenters. The molecule has 100 valence electrons. The zero-order valence-electron chi connectivity index (χ0n) is 11.5. The summed E-state index contributed by atoms with van der Waals surface area (Å²) in [6.07, 6.45) is 2.90. The molecular weight excluding hydrogens is 236 g/mol. The molecule has 0 radical (unpaired) electrons. The number of nitrogens with zero attached hydrogens (tertiary/aromatic N) is 1. The van der Waals surface area contributed by atoms with E-state index in [0.717, 1.165) is 23.4 Å². The molecule has 0 spiro atoms. The zero-order valence-corrected chi connectivity index (χ0v) is 11.5. The van der Waals surface area contributed by atoms with E-state index in [9.17, 15) is 0 Å². The fourth-order valence-corrected chi connectivity index (χ4v) is 1.93. The van der Waals surface area contributed by atoms with Gasteiger partial charge in [0, 0.05) is 11.8 Å². The highest BCUT2D eigenvalue weighted by Crippen LogP contribution is 2.22. The highest BCUT2D eigenvalue weighted by Gasteiger charge is 2.02. The van der Waals surface area contributed by atoms with Crippen molar-refractivity contribution >= 4 is 0 Å². The third-order valence-electron chi connectivity index (χ3n) is 2.78. The molecule has 0 fully saturated rings. The van der Waals surface area contributed by atoms with Gasteiger partial charge in [-0.25, -0.2) is 0 Å². The quantitative estimate of drug-likeness (QED) is 0.894. The average Bonchev–Trinajstić information content (AvgIpc) is 2.40. The molecule has 0 aliphatic rings. The molecule has 0 unspecified atom stereocenters. The van der Waals surface area contributed by atoms with Crippen LogP contribution in [0.15, 0.2) is 42.6 Å². The number of rotatable bonds is 5. The van der Waals surface area contributed by atoms with Crippen LogP contribution in [-0.2, 0) is 6.42 Å². The van der Waals surface area contributed by atoms with E-state index in [0.29, 0.717) is 6.54 Å². The maximum Gasteiger partial charge on any atom is 0.119 e. The van der Waals surface area contributed by atoms with Crippen molar-refractivity contribution in [2.24, 2.45) is 5.73 Å². The van der Waals surface area contributed by atoms with Crippen molar-refractivity contribution < 1.29 is 4.74 Å². The molecule has 0 saturated carbocycles. The number of benzene rings is 1. The first kappa shape index (κ1) is 13.6. The van der Waals surface area contributed by atoms with Gasteiger partial charge in [0.1, 0.15) is 5.75 Å². The van der Waals surface area contributed by atoms with E-state index >= 15 is 0 Å². The number of pyridine rings is 1. The van der Waals surface area contributed by atoms with Gasteiger partial charge in [0.05, 0.1) is 11.8 Å². The lowest BCUT2D eigenvalue weighted by Crippen LogP contribution is -2.05. The lowest BCUT2D eigenvalue weighted by Gasteiger charge is -2.10. The maximum absolute atomic E-state index is 5.63. The third-order valence-corrected chi connectivity index (χ3v) is 2.78. The smallest absolute Gasteiger partial charge is 0.119 e. The van der Waals surface area contributed by atoms with Crippen LogP contribution in [0, 0.1) is 0 Å². The summed E-state index contributed by atoms with van der Waals surface area (Å²) < 4.78 is 5.63. The van der Waals surface area contributed by atoms with Crippen LogP contribution in [0.5, 0.6) is 5.75 Å². The zero-order chi connectivity index (χ0) is 13.7. The Morgan fingerprint density at radius 3 is 2.53 bits per heavy atom. The molecule has 19 heavy (non-hydrogen) atoms. The Balaban J connectivity index is 2.19. The number of hydrogen-bond donors (Lipinski definition) is 1. The summed E-state index contributed by atoms with van der Waals surface area (Å²) in [7, 11) is 0. The summed E-state index contributed by atoms with van der Waals surface area (Å²) in [5, 5.41) is 0. The second-order valence-electron chi connectivity index (χ2n) is 4.78. The number of hydrogen-bond acceptors (Lipinski definition) is 3. The van der Waals surface area contributed by atoms with Gasteiger partial charge >= 0.3 is 0 Å². The van der Waals surface area contributed by atoms with Crippen LogP contribution in [-0.4, -0.2) is 17.6 Å². The largest absolute Gasteiger partial charge is 0.491 e. The fourth-order valence-electron chi connectivity index (χ4n) is 1.93. The van der Waals surface area contributed by atoms with Crippen LogP contribution in [0.4, 0.5) is 0 Å². The molecule has 3 heteroatoms. The second kappa shape index (κ2) is 6.34. The molecule has 0 bridgehead atoms. The lowest BCUT2D eigenvalue weighted by atomic mass is 10.1. The Morgan fingerprint density at radius 2 is 1.89 bits per heavy atom. The Morgan fingerprint density at radius 1 is 1.16 bits per heavy atom. The first-order valence-electron chi connectivity index (χ1n) is 6.61. The molecular formula is C16H20N2O. The van der Waals surface area contributed by atoms with Gasteiger partial charge in [-0.2, -0.15) is 0 Å². The molecule has 0 aliphatic carbocycles. The van der Waals surface area contributed by atoms with Gasteiger partial charge in [0.25, 0.3) is 0 Å². The van der Waals surface area contributed by atoms with Crippen LogP contribution in [0.25, 0.3) is 11.3 Å². The van der Waals surface area contributed by atoms with Crippen molar-refractivity contribution in [1.82, 2.24) is 4.98 Å². The molecule has 0 amide bonds. The summed E-state index contributed by atoms with van der Waals surface area (Å²) >= 11 is 0. The Labute approximate surface area is 114 Å². The topological polar surface area (TPSA) is 48.1 Å². The minimum atomic E-state index is 0.192. The van der Waals surface area contributed by atoms with Crippen LogP contribution in [0.1, 0.15) is 19.4 Å². The standard InChI is InChI=1S/C16H20N2O/c1-12(2)19-15-5-3-14(4-6-15)16-11-13(7-9-17)8-10-18-16/h3-6,8,10-12H,7,9,17H2,1-2H3. The summed E-state index contributed by atoms with van der Waals surface area (Å²) in [4.78, 5) is 4.40. The fraction of sp³-hybridized carbons (Fsp3) is 0.312. The van der Waals surface area contributed by atoms with E-state index in [1.165, 1.54) is 5.56 Å². The molecule has 1 aromatic carbocycles. The molecule has 3 nitrogen and oxygen atoms in total. The predicted molar refractivity (Wildman–Crippen MR) is 78.2 cm³/mol. The highest BCUT2D eigenvalue weighted by atomic mass is 16.5. The Bertz CT molecular complexity index is 521. The SMILES string of the molecule is CC(C)Oc1ccc(-c2cc(CCN)ccn2)cc1. The van der Waals surface area contributed by atoms with E-state index < -0.39 is 0 Å². The molecule has 2 N–H and O–H groups in total. The number of aromatic nitrogens is 1. The van der Waals surface area contributed by atoms with E-state index in [2.05, 4.69) is 11.1 Å². The minimum Gasteiger partial charge on any atom is -0.491 e. The van der Waals surface area contributed by atoms with Crippen molar-refractivity contribution in [3.8, 4) is 17.0 Å². The average molecular weight is 256 g/mol. The van der Waals surface area contributed by atoms with Crippen LogP contribution < -0.4 is 10.5 Å². The normalized spacial score (nSPS) is 10.7. The van der Waals surface area contributed by atoms with Gasteiger partial charge in [-0.3, -0.25) is 4.98 Å². The Hall–Kier alpha value is -1.87. The first-order chi connectivity index (χ1) is 9.19. The minimum absolute atomic E-state index is 0.192. The number of nitrogens with two attached hydrogens (primary N) is 1. The summed E-state index contributed by atoms with van der Waals surface area (Å²) in [6.45, 7) is 4.70. The highest BCUT2D eigenvalue weighted by molar-refractivity contribution is 5.60. The van der Waals surface area contributed by atoms with E-state index in [-0.39, 0.29) is 6.10 Å². The summed E-state index contributed by atoms with van der Waals surface area (Å²) in [5.74, 6) is 0.886. The number of ether oxygens (including phenoxy) is 1. The van der Waals surface area contributed by atoms with Gasteiger partial charge in [-0.15, -0.1) is 0 Å². The molecule has 2 rings (SSSR count). The van der Waals surface area contributed by atoms with E-state index in [1.54, 1.807) is 0 Å². The maximum atomic E-state index is 5.63. The van der Waals surface area contributed by atoms with Crippen LogP contribution in [0.3, 0.4) is 0 Å². The first-order valence-corrected chi connectivity index (χ1v) is 6.61. The molecule has 0 aliphatic heterocycles. The van der Waals surface area contributed by atoms with Gasteiger partial charge in [0.15, 0.2) is 0 Å². The Kier molecular flexibility index (Phi) is 4.53. The van der Waals surface area contributed by atoms with Gasteiger partial charge in [-0.05, 0) is 68.8 Å². The van der Waals surface area contributed by atoms with Crippen molar-refractivity contribution in [3.05, 3.63) is 48.2 Å². The van der Waals surface area contributed by atoms with Gasteiger partial charge < -0.3 is 10.5 Å². The van der Waals surface area contributed by atoms with Crippen molar-refractivity contribution in [2.45, 2.75) is 26.4 Å². The third kappa shape index (κ3) is 3.80. The van der Waals surface area contributed by atoms with Crippen molar-refractivity contribution in [3.63, 3.8) is 0 Å². The van der Waals surface area contributed by atoms with Crippen LogP contribution >= 0.6 is 0 Å². The summed E-state index contributed by atoms with van der Waals surface area (Å²) in [6, 6.07) is 12.1. The van der Waals surface area contributed by atoms with Crippen molar-refractivity contribution in [2.75, 3.05) is 6.54 Å². The molecule has 2 aromatic rings. The monoisotopic (exact) mass is 256 g/mol. The molecule has 1 heterocycles. The van der Waals surface area contributed by atoms with Crippen LogP contribution in [0.2, 0.25) is 0 Å².